The Morgan fingerprint density at radius 3 is 2.41 bits per heavy atom. The third-order valence-electron chi connectivity index (χ3n) is 4.50. The number of carbonyl (C=O) groups excluding carboxylic acids is 1. The van der Waals surface area contributed by atoms with Gasteiger partial charge in [0.05, 0.1) is 16.3 Å². The van der Waals surface area contributed by atoms with E-state index in [1.54, 1.807) is 31.3 Å². The van der Waals surface area contributed by atoms with Crippen LogP contribution in [0.5, 0.6) is 5.75 Å². The van der Waals surface area contributed by atoms with Gasteiger partial charge in [0.2, 0.25) is 0 Å². The Kier molecular flexibility index (Phi) is 7.09. The molecule has 0 radical (unpaired) electrons. The molecule has 0 fully saturated rings. The summed E-state index contributed by atoms with van der Waals surface area (Å²) in [4.78, 5) is 16.7. The summed E-state index contributed by atoms with van der Waals surface area (Å²) >= 11 is 3.42. The highest BCUT2D eigenvalue weighted by Crippen LogP contribution is 2.25. The van der Waals surface area contributed by atoms with Crippen LogP contribution in [0, 0.1) is 0 Å². The second-order valence-corrected chi connectivity index (χ2v) is 11.2. The van der Waals surface area contributed by atoms with Crippen LogP contribution in [0.3, 0.4) is 0 Å². The lowest BCUT2D eigenvalue weighted by molar-refractivity contribution is 0.0536. The van der Waals surface area contributed by atoms with E-state index in [1.807, 2.05) is 45.0 Å². The molecule has 3 aromatic rings. The SMILES string of the molecule is CCS(=O)(=O)c1ccc(COc2ccc(-c3cn(C(=O)OC(C)(C)C)cn3)cc2)c(Br)c1. The number of imidazole rings is 1. The first kappa shape index (κ1) is 24.0. The Hall–Kier alpha value is -2.65. The van der Waals surface area contributed by atoms with E-state index in [0.29, 0.717) is 15.9 Å². The highest BCUT2D eigenvalue weighted by atomic mass is 79.9. The maximum atomic E-state index is 12.1. The van der Waals surface area contributed by atoms with Crippen LogP contribution in [0.2, 0.25) is 0 Å². The molecule has 0 N–H and O–H groups in total. The highest BCUT2D eigenvalue weighted by Gasteiger charge is 2.18. The predicted molar refractivity (Wildman–Crippen MR) is 125 cm³/mol. The zero-order valence-corrected chi connectivity index (χ0v) is 20.7. The molecule has 1 aromatic heterocycles. The Morgan fingerprint density at radius 2 is 1.81 bits per heavy atom. The van der Waals surface area contributed by atoms with Crippen LogP contribution in [-0.2, 0) is 21.2 Å². The molecule has 9 heteroatoms. The number of hydrogen-bond donors (Lipinski definition) is 0. The molecule has 0 saturated heterocycles. The van der Waals surface area contributed by atoms with E-state index >= 15 is 0 Å². The quantitative estimate of drug-likeness (QED) is 0.428. The van der Waals surface area contributed by atoms with Crippen LogP contribution in [0.1, 0.15) is 33.3 Å². The zero-order valence-electron chi connectivity index (χ0n) is 18.3. The molecular formula is C23H25BrN2O5S. The van der Waals surface area contributed by atoms with E-state index in [4.69, 9.17) is 9.47 Å². The lowest BCUT2D eigenvalue weighted by atomic mass is 10.1. The van der Waals surface area contributed by atoms with Gasteiger partial charge in [0, 0.05) is 21.8 Å². The van der Waals surface area contributed by atoms with Gasteiger partial charge in [-0.05, 0) is 57.2 Å². The van der Waals surface area contributed by atoms with E-state index < -0.39 is 21.5 Å². The van der Waals surface area contributed by atoms with Gasteiger partial charge >= 0.3 is 6.09 Å². The Balaban J connectivity index is 1.65. The third kappa shape index (κ3) is 5.98. The van der Waals surface area contributed by atoms with Crippen LogP contribution in [0.4, 0.5) is 4.79 Å². The molecule has 7 nitrogen and oxygen atoms in total. The molecule has 0 aliphatic rings. The summed E-state index contributed by atoms with van der Waals surface area (Å²) < 4.78 is 37.2. The van der Waals surface area contributed by atoms with E-state index in [9.17, 15) is 13.2 Å². The zero-order chi connectivity index (χ0) is 23.5. The summed E-state index contributed by atoms with van der Waals surface area (Å²) in [5.74, 6) is 0.704. The maximum absolute atomic E-state index is 12.1. The molecule has 3 rings (SSSR count). The van der Waals surface area contributed by atoms with Gasteiger partial charge in [-0.1, -0.05) is 28.9 Å². The fraction of sp³-hybridized carbons (Fsp3) is 0.304. The third-order valence-corrected chi connectivity index (χ3v) is 6.97. The van der Waals surface area contributed by atoms with Crippen molar-refractivity contribution < 1.29 is 22.7 Å². The molecule has 0 spiro atoms. The molecule has 0 saturated carbocycles. The molecule has 0 bridgehead atoms. The molecule has 2 aromatic carbocycles. The molecule has 32 heavy (non-hydrogen) atoms. The fourth-order valence-electron chi connectivity index (χ4n) is 2.77. The number of sulfone groups is 1. The summed E-state index contributed by atoms with van der Waals surface area (Å²) in [5.41, 5.74) is 1.72. The van der Waals surface area contributed by atoms with E-state index in [1.165, 1.54) is 10.9 Å². The highest BCUT2D eigenvalue weighted by molar-refractivity contribution is 9.10. The normalized spacial score (nSPS) is 11.9. The van der Waals surface area contributed by atoms with E-state index in [2.05, 4.69) is 20.9 Å². The van der Waals surface area contributed by atoms with Crippen molar-refractivity contribution in [3.63, 3.8) is 0 Å². The largest absolute Gasteiger partial charge is 0.489 e. The van der Waals surface area contributed by atoms with Gasteiger partial charge in [-0.25, -0.2) is 22.8 Å². The number of benzene rings is 2. The molecule has 1 heterocycles. The van der Waals surface area contributed by atoms with Crippen LogP contribution < -0.4 is 4.74 Å². The molecule has 0 aliphatic heterocycles. The minimum Gasteiger partial charge on any atom is -0.489 e. The van der Waals surface area contributed by atoms with Gasteiger partial charge in [0.25, 0.3) is 0 Å². The molecule has 0 aliphatic carbocycles. The van der Waals surface area contributed by atoms with Crippen molar-refractivity contribution in [1.82, 2.24) is 9.55 Å². The van der Waals surface area contributed by atoms with Crippen molar-refractivity contribution in [1.29, 1.82) is 0 Å². The van der Waals surface area contributed by atoms with Crippen molar-refractivity contribution in [3.05, 3.63) is 65.0 Å². The Morgan fingerprint density at radius 1 is 1.12 bits per heavy atom. The summed E-state index contributed by atoms with van der Waals surface area (Å²) in [6, 6.07) is 12.3. The van der Waals surface area contributed by atoms with Crippen molar-refractivity contribution in [3.8, 4) is 17.0 Å². The second kappa shape index (κ2) is 9.46. The Labute approximate surface area is 196 Å². The van der Waals surface area contributed by atoms with E-state index in [0.717, 1.165) is 11.1 Å². The standard InChI is InChI=1S/C23H25BrN2O5S/c1-5-32(28,29)19-11-8-17(20(24)12-19)14-30-18-9-6-16(7-10-18)21-13-26(15-25-21)22(27)31-23(2,3)4/h6-13,15H,5,14H2,1-4H3. The molecule has 0 atom stereocenters. The average molecular weight is 521 g/mol. The van der Waals surface area contributed by atoms with Gasteiger partial charge in [0.1, 0.15) is 24.3 Å². The second-order valence-electron chi connectivity index (χ2n) is 8.12. The van der Waals surface area contributed by atoms with Gasteiger partial charge in [0.15, 0.2) is 9.84 Å². The van der Waals surface area contributed by atoms with Gasteiger partial charge in [-0.15, -0.1) is 0 Å². The van der Waals surface area contributed by atoms with Crippen LogP contribution in [0.15, 0.2) is 64.4 Å². The number of ether oxygens (including phenoxy) is 2. The van der Waals surface area contributed by atoms with Gasteiger partial charge < -0.3 is 9.47 Å². The summed E-state index contributed by atoms with van der Waals surface area (Å²) in [6.07, 6.45) is 2.56. The number of nitrogens with zero attached hydrogens (tertiary/aromatic N) is 2. The van der Waals surface area contributed by atoms with Crippen molar-refractivity contribution in [2.24, 2.45) is 0 Å². The topological polar surface area (TPSA) is 87.5 Å². The first-order chi connectivity index (χ1) is 15.0. The minimum absolute atomic E-state index is 0.0532. The van der Waals surface area contributed by atoms with Gasteiger partial charge in [-0.3, -0.25) is 0 Å². The molecule has 170 valence electrons. The number of rotatable bonds is 6. The lowest BCUT2D eigenvalue weighted by Crippen LogP contribution is -2.26. The van der Waals surface area contributed by atoms with Crippen molar-refractivity contribution in [2.45, 2.75) is 44.8 Å². The molecular weight excluding hydrogens is 496 g/mol. The number of hydrogen-bond acceptors (Lipinski definition) is 6. The monoisotopic (exact) mass is 520 g/mol. The smallest absolute Gasteiger partial charge is 0.419 e. The first-order valence-corrected chi connectivity index (χ1v) is 12.4. The van der Waals surface area contributed by atoms with Crippen LogP contribution >= 0.6 is 15.9 Å². The summed E-state index contributed by atoms with van der Waals surface area (Å²) in [6.45, 7) is 7.32. The van der Waals surface area contributed by atoms with Gasteiger partial charge in [-0.2, -0.15) is 0 Å². The number of aromatic nitrogens is 2. The number of carbonyl (C=O) groups is 1. The van der Waals surface area contributed by atoms with Crippen molar-refractivity contribution in [2.75, 3.05) is 5.75 Å². The summed E-state index contributed by atoms with van der Waals surface area (Å²) in [5, 5.41) is 0. The van der Waals surface area contributed by atoms with Crippen molar-refractivity contribution >= 4 is 31.9 Å². The number of halogens is 1. The fourth-order valence-corrected chi connectivity index (χ4v) is 4.33. The molecule has 0 unspecified atom stereocenters. The predicted octanol–water partition coefficient (Wildman–Crippen LogP) is 5.47. The van der Waals surface area contributed by atoms with Crippen LogP contribution in [0.25, 0.3) is 11.3 Å². The Bertz CT molecular complexity index is 1210. The molecule has 0 amide bonds. The summed E-state index contributed by atoms with van der Waals surface area (Å²) in [7, 11) is -3.26. The maximum Gasteiger partial charge on any atom is 0.419 e. The first-order valence-electron chi connectivity index (χ1n) is 10.0. The van der Waals surface area contributed by atoms with Crippen LogP contribution in [-0.4, -0.2) is 35.4 Å². The lowest BCUT2D eigenvalue weighted by Gasteiger charge is -2.19. The minimum atomic E-state index is -3.26. The average Bonchev–Trinajstić information content (AvgIpc) is 3.22. The van der Waals surface area contributed by atoms with E-state index in [-0.39, 0.29) is 17.3 Å².